The average Bonchev–Trinajstić information content (AvgIpc) is 3.38. The lowest BCUT2D eigenvalue weighted by Crippen LogP contribution is -2.40. The highest BCUT2D eigenvalue weighted by Gasteiger charge is 2.59. The minimum atomic E-state index is -4.68. The number of ether oxygens (including phenoxy) is 2. The van der Waals surface area contributed by atoms with Crippen molar-refractivity contribution in [3.05, 3.63) is 29.3 Å². The maximum Gasteiger partial charge on any atom is 0.419 e. The third-order valence-corrected chi connectivity index (χ3v) is 8.56. The van der Waals surface area contributed by atoms with Crippen molar-refractivity contribution in [2.24, 2.45) is 29.6 Å². The third kappa shape index (κ3) is 4.87. The number of alkyl halides is 3. The van der Waals surface area contributed by atoms with E-state index in [0.717, 1.165) is 18.2 Å². The van der Waals surface area contributed by atoms with Gasteiger partial charge in [-0.1, -0.05) is 13.8 Å². The Kier molecular flexibility index (Phi) is 6.22. The van der Waals surface area contributed by atoms with Crippen molar-refractivity contribution in [1.82, 2.24) is 0 Å². The Bertz CT molecular complexity index is 1000. The van der Waals surface area contributed by atoms with Gasteiger partial charge in [0.2, 0.25) is 0 Å². The van der Waals surface area contributed by atoms with E-state index in [9.17, 15) is 30.9 Å². The van der Waals surface area contributed by atoms with E-state index in [4.69, 9.17) is 9.47 Å². The minimum absolute atomic E-state index is 0.0264. The molecule has 4 atom stereocenters. The lowest BCUT2D eigenvalue weighted by atomic mass is 9.82. The van der Waals surface area contributed by atoms with Gasteiger partial charge in [0.15, 0.2) is 0 Å². The van der Waals surface area contributed by atoms with Crippen LogP contribution in [0.5, 0.6) is 5.75 Å². The van der Waals surface area contributed by atoms with E-state index in [1.165, 1.54) is 19.3 Å². The molecular formula is C23H28F3O6S-. The molecule has 0 aliphatic heterocycles. The summed E-state index contributed by atoms with van der Waals surface area (Å²) in [6.45, 7) is 3.24. The maximum absolute atomic E-state index is 13.8. The zero-order chi connectivity index (χ0) is 24.2. The van der Waals surface area contributed by atoms with Gasteiger partial charge in [0.25, 0.3) is 0 Å². The fourth-order valence-electron chi connectivity index (χ4n) is 6.23. The number of hydrogen-bond acceptors (Lipinski definition) is 6. The van der Waals surface area contributed by atoms with E-state index in [2.05, 4.69) is 0 Å². The second-order valence-electron chi connectivity index (χ2n) is 10.00. The second kappa shape index (κ2) is 8.45. The van der Waals surface area contributed by atoms with Crippen LogP contribution in [0, 0.1) is 29.6 Å². The van der Waals surface area contributed by atoms with Gasteiger partial charge in [0, 0.05) is 0 Å². The Balaban J connectivity index is 1.61. The molecule has 6 nitrogen and oxygen atoms in total. The molecule has 33 heavy (non-hydrogen) atoms. The summed E-state index contributed by atoms with van der Waals surface area (Å²) in [5, 5.41) is 0. The van der Waals surface area contributed by atoms with Crippen LogP contribution in [0.15, 0.2) is 18.2 Å². The normalized spacial score (nSPS) is 31.1. The van der Waals surface area contributed by atoms with Gasteiger partial charge < -0.3 is 14.0 Å². The molecule has 0 amide bonds. The van der Waals surface area contributed by atoms with Gasteiger partial charge in [-0.05, 0) is 79.9 Å². The zero-order valence-electron chi connectivity index (χ0n) is 18.6. The number of rotatable bonds is 7. The van der Waals surface area contributed by atoms with Crippen LogP contribution in [-0.4, -0.2) is 36.9 Å². The van der Waals surface area contributed by atoms with Gasteiger partial charge in [-0.25, -0.2) is 13.2 Å². The molecule has 0 spiro atoms. The molecule has 0 N–H and O–H groups in total. The maximum atomic E-state index is 13.8. The van der Waals surface area contributed by atoms with Crippen LogP contribution in [-0.2, 0) is 21.0 Å². The molecule has 2 bridgehead atoms. The molecule has 0 radical (unpaired) electrons. The van der Waals surface area contributed by atoms with Crippen molar-refractivity contribution in [1.29, 1.82) is 0 Å². The van der Waals surface area contributed by atoms with Crippen LogP contribution in [0.25, 0.3) is 0 Å². The molecule has 0 saturated heterocycles. The summed E-state index contributed by atoms with van der Waals surface area (Å²) in [4.78, 5) is 12.3. The molecule has 4 rings (SSSR count). The number of carbonyl (C=O) groups excluding carboxylic acids is 1. The molecule has 184 valence electrons. The summed E-state index contributed by atoms with van der Waals surface area (Å²) in [7, 11) is -4.58. The molecule has 3 aliphatic rings. The number of halogens is 3. The largest absolute Gasteiger partial charge is 0.748 e. The number of benzene rings is 1. The highest BCUT2D eigenvalue weighted by Crippen LogP contribution is 2.63. The van der Waals surface area contributed by atoms with Gasteiger partial charge in [-0.15, -0.1) is 0 Å². The quantitative estimate of drug-likeness (QED) is 0.409. The molecule has 3 saturated carbocycles. The van der Waals surface area contributed by atoms with E-state index in [1.807, 2.05) is 13.8 Å². The van der Waals surface area contributed by atoms with Crippen LogP contribution in [0.3, 0.4) is 0 Å². The minimum Gasteiger partial charge on any atom is -0.748 e. The molecule has 1 aromatic carbocycles. The Morgan fingerprint density at radius 3 is 2.30 bits per heavy atom. The highest BCUT2D eigenvalue weighted by molar-refractivity contribution is 7.85. The van der Waals surface area contributed by atoms with Crippen LogP contribution >= 0.6 is 0 Å². The molecule has 3 fully saturated rings. The molecular weight excluding hydrogens is 461 g/mol. The lowest BCUT2D eigenvalue weighted by molar-refractivity contribution is -0.140. The van der Waals surface area contributed by atoms with E-state index in [-0.39, 0.29) is 11.5 Å². The first-order valence-corrected chi connectivity index (χ1v) is 12.9. The fraction of sp³-hybridized carbons (Fsp3) is 0.696. The summed E-state index contributed by atoms with van der Waals surface area (Å²) in [5.74, 6) is -0.224. The van der Waals surface area contributed by atoms with Gasteiger partial charge in [0.05, 0.1) is 27.0 Å². The van der Waals surface area contributed by atoms with E-state index in [1.54, 1.807) is 0 Å². The molecule has 1 aromatic rings. The van der Waals surface area contributed by atoms with Crippen molar-refractivity contribution in [3.8, 4) is 5.75 Å². The van der Waals surface area contributed by atoms with Crippen molar-refractivity contribution in [3.63, 3.8) is 0 Å². The zero-order valence-corrected chi connectivity index (χ0v) is 19.4. The molecule has 0 heterocycles. The average molecular weight is 490 g/mol. The summed E-state index contributed by atoms with van der Waals surface area (Å²) in [5.41, 5.74) is -1.92. The first kappa shape index (κ1) is 24.3. The lowest BCUT2D eigenvalue weighted by Gasteiger charge is -2.36. The van der Waals surface area contributed by atoms with E-state index in [0.29, 0.717) is 36.5 Å². The van der Waals surface area contributed by atoms with E-state index < -0.39 is 51.5 Å². The number of fused-ring (bicyclic) bond motifs is 5. The Morgan fingerprint density at radius 2 is 1.79 bits per heavy atom. The number of carbonyl (C=O) groups is 1. The molecule has 0 aromatic heterocycles. The van der Waals surface area contributed by atoms with Gasteiger partial charge >= 0.3 is 12.1 Å². The fourth-order valence-corrected chi connectivity index (χ4v) is 6.51. The summed E-state index contributed by atoms with van der Waals surface area (Å²) < 4.78 is 84.4. The van der Waals surface area contributed by atoms with Crippen molar-refractivity contribution < 1.29 is 40.4 Å². The van der Waals surface area contributed by atoms with E-state index >= 15 is 0 Å². The smallest absolute Gasteiger partial charge is 0.419 e. The predicted molar refractivity (Wildman–Crippen MR) is 112 cm³/mol. The Morgan fingerprint density at radius 1 is 1.18 bits per heavy atom. The van der Waals surface area contributed by atoms with Crippen LogP contribution < -0.4 is 4.74 Å². The molecule has 4 unspecified atom stereocenters. The monoisotopic (exact) mass is 489 g/mol. The molecule has 10 heteroatoms. The standard InChI is InChI=1S/C23H29F3O6S/c1-13(2)22(11-17-14-3-4-15(9-14)18(17)12-22)32-20-10-16(5-6-19(20)23(24,25)26)21(27)31-7-8-33(28,29)30/h5-6,10,13-15,17-18H,3-4,7-9,11-12H2,1-2H3,(H,28,29,30)/p-1. The first-order valence-electron chi connectivity index (χ1n) is 11.3. The summed E-state index contributed by atoms with van der Waals surface area (Å²) in [6, 6.07) is 2.77. The van der Waals surface area contributed by atoms with Gasteiger partial charge in [-0.3, -0.25) is 0 Å². The van der Waals surface area contributed by atoms with Crippen LogP contribution in [0.4, 0.5) is 13.2 Å². The highest BCUT2D eigenvalue weighted by atomic mass is 32.2. The van der Waals surface area contributed by atoms with Crippen LogP contribution in [0.1, 0.15) is 61.9 Å². The topological polar surface area (TPSA) is 92.7 Å². The number of hydrogen-bond donors (Lipinski definition) is 0. The van der Waals surface area contributed by atoms with Crippen LogP contribution in [0.2, 0.25) is 0 Å². The van der Waals surface area contributed by atoms with Crippen molar-refractivity contribution in [2.75, 3.05) is 12.4 Å². The third-order valence-electron chi connectivity index (χ3n) is 7.89. The SMILES string of the molecule is CC(C)C1(Oc2cc(C(=O)OCCS(=O)(=O)[O-])ccc2C(F)(F)F)CC2C3CCC(C3)C2C1. The Hall–Kier alpha value is -1.81. The Labute approximate surface area is 191 Å². The number of esters is 1. The van der Waals surface area contributed by atoms with Crippen molar-refractivity contribution in [2.45, 2.75) is 57.7 Å². The summed E-state index contributed by atoms with van der Waals surface area (Å²) in [6.07, 6.45) is 0.272. The summed E-state index contributed by atoms with van der Waals surface area (Å²) >= 11 is 0. The second-order valence-corrected chi connectivity index (χ2v) is 11.5. The first-order chi connectivity index (χ1) is 15.3. The van der Waals surface area contributed by atoms with Gasteiger partial charge in [0.1, 0.15) is 18.0 Å². The molecule has 3 aliphatic carbocycles. The van der Waals surface area contributed by atoms with Crippen molar-refractivity contribution >= 4 is 16.1 Å². The predicted octanol–water partition coefficient (Wildman–Crippen LogP) is 4.64. The van der Waals surface area contributed by atoms with Gasteiger partial charge in [-0.2, -0.15) is 13.2 Å².